The van der Waals surface area contributed by atoms with Crippen LogP contribution in [0.15, 0.2) is 42.5 Å². The van der Waals surface area contributed by atoms with E-state index in [1.54, 1.807) is 0 Å². The first-order valence-corrected chi connectivity index (χ1v) is 7.29. The van der Waals surface area contributed by atoms with Crippen LogP contribution in [0.1, 0.15) is 6.92 Å². The summed E-state index contributed by atoms with van der Waals surface area (Å²) in [7, 11) is 0. The maximum Gasteiger partial charge on any atom is 0.234 e. The predicted molar refractivity (Wildman–Crippen MR) is 87.6 cm³/mol. The summed E-state index contributed by atoms with van der Waals surface area (Å²) in [6.45, 7) is 3.06. The molecule has 0 aliphatic carbocycles. The highest BCUT2D eigenvalue weighted by Gasteiger charge is 2.10. The van der Waals surface area contributed by atoms with Crippen molar-refractivity contribution in [1.29, 1.82) is 0 Å². The Morgan fingerprint density at radius 2 is 1.90 bits per heavy atom. The summed E-state index contributed by atoms with van der Waals surface area (Å²) in [5.41, 5.74) is 3.23. The van der Waals surface area contributed by atoms with E-state index in [1.165, 1.54) is 21.8 Å². The van der Waals surface area contributed by atoms with Gasteiger partial charge in [0.1, 0.15) is 0 Å². The number of aryl methyl sites for hydroxylation is 1. The number of amides is 1. The second-order valence-corrected chi connectivity index (χ2v) is 5.02. The summed E-state index contributed by atoms with van der Waals surface area (Å²) in [4.78, 5) is 11.4. The van der Waals surface area contributed by atoms with Gasteiger partial charge in [-0.3, -0.25) is 4.79 Å². The van der Waals surface area contributed by atoms with Crippen molar-refractivity contribution < 1.29 is 4.79 Å². The summed E-state index contributed by atoms with van der Waals surface area (Å²) >= 11 is 3.98. The fourth-order valence-electron chi connectivity index (χ4n) is 2.67. The van der Waals surface area contributed by atoms with Gasteiger partial charge in [-0.25, -0.2) is 0 Å². The number of hydrogen-bond donors (Lipinski definition) is 2. The molecule has 0 fully saturated rings. The second-order valence-electron chi connectivity index (χ2n) is 4.70. The van der Waals surface area contributed by atoms with Gasteiger partial charge in [-0.05, 0) is 31.2 Å². The van der Waals surface area contributed by atoms with Gasteiger partial charge in [0, 0.05) is 34.0 Å². The third kappa shape index (κ3) is 2.06. The molecule has 0 saturated carbocycles. The largest absolute Gasteiger partial charge is 0.341 e. The Bertz CT molecular complexity index is 792. The molecule has 3 rings (SSSR count). The zero-order chi connectivity index (χ0) is 14.1. The highest BCUT2D eigenvalue weighted by atomic mass is 32.1. The quantitative estimate of drug-likeness (QED) is 0.707. The molecule has 3 nitrogen and oxygen atoms in total. The lowest BCUT2D eigenvalue weighted by molar-refractivity contribution is -0.113. The van der Waals surface area contributed by atoms with Crippen LogP contribution in [-0.2, 0) is 11.3 Å². The lowest BCUT2D eigenvalue weighted by atomic mass is 10.1. The molecule has 0 atom stereocenters. The zero-order valence-electron chi connectivity index (χ0n) is 11.3. The van der Waals surface area contributed by atoms with Crippen molar-refractivity contribution in [2.45, 2.75) is 13.5 Å². The minimum absolute atomic E-state index is 0.0908. The van der Waals surface area contributed by atoms with Crippen molar-refractivity contribution in [2.75, 3.05) is 11.1 Å². The molecular formula is C16H16N2OS. The molecule has 1 heterocycles. The molecule has 0 radical (unpaired) electrons. The predicted octanol–water partition coefficient (Wildman–Crippen LogP) is 3.68. The minimum atomic E-state index is -0.0908. The van der Waals surface area contributed by atoms with Crippen LogP contribution in [0.5, 0.6) is 0 Å². The van der Waals surface area contributed by atoms with E-state index < -0.39 is 0 Å². The molecule has 4 heteroatoms. The van der Waals surface area contributed by atoms with E-state index in [9.17, 15) is 4.79 Å². The Labute approximate surface area is 123 Å². The number of anilines is 1. The molecule has 0 unspecified atom stereocenters. The summed E-state index contributed by atoms with van der Waals surface area (Å²) in [6.07, 6.45) is 0. The normalized spacial score (nSPS) is 11.1. The molecule has 1 N–H and O–H groups in total. The smallest absolute Gasteiger partial charge is 0.234 e. The molecule has 0 aliphatic rings. The van der Waals surface area contributed by atoms with Gasteiger partial charge >= 0.3 is 0 Å². The molecule has 1 aromatic heterocycles. The highest BCUT2D eigenvalue weighted by Crippen LogP contribution is 2.30. The van der Waals surface area contributed by atoms with Crippen LogP contribution in [0.3, 0.4) is 0 Å². The maximum absolute atomic E-state index is 11.4. The average molecular weight is 284 g/mol. The Kier molecular flexibility index (Phi) is 3.40. The number of carbonyl (C=O) groups is 1. The van der Waals surface area contributed by atoms with Crippen molar-refractivity contribution in [3.8, 4) is 0 Å². The van der Waals surface area contributed by atoms with Crippen molar-refractivity contribution in [3.63, 3.8) is 0 Å². The zero-order valence-corrected chi connectivity index (χ0v) is 12.2. The second kappa shape index (κ2) is 5.21. The van der Waals surface area contributed by atoms with Gasteiger partial charge in [0.2, 0.25) is 5.91 Å². The van der Waals surface area contributed by atoms with E-state index in [0.29, 0.717) is 0 Å². The van der Waals surface area contributed by atoms with Gasteiger partial charge in [-0.2, -0.15) is 12.6 Å². The fourth-order valence-corrected chi connectivity index (χ4v) is 2.75. The van der Waals surface area contributed by atoms with Crippen LogP contribution in [0.2, 0.25) is 0 Å². The number of nitrogens with one attached hydrogen (secondary N) is 1. The summed E-state index contributed by atoms with van der Waals surface area (Å²) in [5.74, 6) is 0.0984. The van der Waals surface area contributed by atoms with E-state index in [0.717, 1.165) is 12.2 Å². The molecule has 0 spiro atoms. The minimum Gasteiger partial charge on any atom is -0.341 e. The number of aromatic nitrogens is 1. The van der Waals surface area contributed by atoms with Crippen LogP contribution < -0.4 is 5.32 Å². The van der Waals surface area contributed by atoms with E-state index in [2.05, 4.69) is 53.7 Å². The monoisotopic (exact) mass is 284 g/mol. The lowest BCUT2D eigenvalue weighted by Crippen LogP contribution is -2.12. The topological polar surface area (TPSA) is 34.0 Å². The van der Waals surface area contributed by atoms with Crippen molar-refractivity contribution in [1.82, 2.24) is 4.57 Å². The Hall–Kier alpha value is -1.94. The van der Waals surface area contributed by atoms with Gasteiger partial charge < -0.3 is 9.88 Å². The van der Waals surface area contributed by atoms with Crippen LogP contribution in [0.4, 0.5) is 5.69 Å². The van der Waals surface area contributed by atoms with Gasteiger partial charge in [0.15, 0.2) is 0 Å². The van der Waals surface area contributed by atoms with E-state index in [4.69, 9.17) is 0 Å². The van der Waals surface area contributed by atoms with Crippen molar-refractivity contribution in [3.05, 3.63) is 42.5 Å². The first-order chi connectivity index (χ1) is 9.74. The number of para-hydroxylation sites is 1. The Morgan fingerprint density at radius 3 is 2.65 bits per heavy atom. The Morgan fingerprint density at radius 1 is 1.15 bits per heavy atom. The van der Waals surface area contributed by atoms with Crippen molar-refractivity contribution >= 4 is 46.0 Å². The first kappa shape index (κ1) is 13.1. The van der Waals surface area contributed by atoms with E-state index >= 15 is 0 Å². The molecule has 0 saturated heterocycles. The van der Waals surface area contributed by atoms with Gasteiger partial charge in [0.05, 0.1) is 5.75 Å². The molecular weight excluding hydrogens is 268 g/mol. The summed E-state index contributed by atoms with van der Waals surface area (Å²) in [5, 5.41) is 5.23. The van der Waals surface area contributed by atoms with Gasteiger partial charge in [-0.15, -0.1) is 0 Å². The Balaban J connectivity index is 2.23. The third-order valence-electron chi connectivity index (χ3n) is 3.52. The highest BCUT2D eigenvalue weighted by molar-refractivity contribution is 7.81. The molecule has 3 aromatic rings. The molecule has 1 amide bonds. The number of hydrogen-bond acceptors (Lipinski definition) is 2. The lowest BCUT2D eigenvalue weighted by Gasteiger charge is -2.05. The SMILES string of the molecule is CCn1c2ccccc2c2cc(NC(=O)CS)ccc21. The number of fused-ring (bicyclic) bond motifs is 3. The summed E-state index contributed by atoms with van der Waals surface area (Å²) in [6, 6.07) is 14.4. The molecule has 102 valence electrons. The molecule has 0 aliphatic heterocycles. The van der Waals surface area contributed by atoms with E-state index in [-0.39, 0.29) is 11.7 Å². The van der Waals surface area contributed by atoms with Crippen LogP contribution in [0.25, 0.3) is 21.8 Å². The average Bonchev–Trinajstić information content (AvgIpc) is 2.80. The van der Waals surface area contributed by atoms with E-state index in [1.807, 2.05) is 18.2 Å². The number of rotatable bonds is 3. The standard InChI is InChI=1S/C16H16N2OS/c1-2-18-14-6-4-3-5-12(14)13-9-11(7-8-15(13)18)17-16(19)10-20/h3-9,20H,2,10H2,1H3,(H,17,19). The van der Waals surface area contributed by atoms with Gasteiger partial charge in [-0.1, -0.05) is 18.2 Å². The number of carbonyl (C=O) groups excluding carboxylic acids is 1. The van der Waals surface area contributed by atoms with Crippen LogP contribution in [0, 0.1) is 0 Å². The number of benzene rings is 2. The summed E-state index contributed by atoms with van der Waals surface area (Å²) < 4.78 is 2.29. The van der Waals surface area contributed by atoms with Gasteiger partial charge in [0.25, 0.3) is 0 Å². The molecule has 0 bridgehead atoms. The fraction of sp³-hybridized carbons (Fsp3) is 0.188. The number of thiol groups is 1. The first-order valence-electron chi connectivity index (χ1n) is 6.66. The maximum atomic E-state index is 11.4. The number of nitrogens with zero attached hydrogens (tertiary/aromatic N) is 1. The molecule has 2 aromatic carbocycles. The van der Waals surface area contributed by atoms with Crippen LogP contribution >= 0.6 is 12.6 Å². The van der Waals surface area contributed by atoms with Crippen LogP contribution in [-0.4, -0.2) is 16.2 Å². The van der Waals surface area contributed by atoms with Crippen molar-refractivity contribution in [2.24, 2.45) is 0 Å². The third-order valence-corrected chi connectivity index (χ3v) is 3.80. The molecule has 20 heavy (non-hydrogen) atoms.